The molecule has 7 nitrogen and oxygen atoms in total. The van der Waals surface area contributed by atoms with Crippen molar-refractivity contribution >= 4 is 23.6 Å². The van der Waals surface area contributed by atoms with E-state index in [0.717, 1.165) is 11.1 Å². The number of fused-ring (bicyclic) bond motifs is 1. The van der Waals surface area contributed by atoms with Gasteiger partial charge in [-0.2, -0.15) is 0 Å². The Bertz CT molecular complexity index is 982. The van der Waals surface area contributed by atoms with Crippen LogP contribution in [0.3, 0.4) is 0 Å². The Balaban J connectivity index is 1.66. The van der Waals surface area contributed by atoms with E-state index in [9.17, 15) is 19.2 Å². The quantitative estimate of drug-likeness (QED) is 0.664. The minimum atomic E-state index is -0.641. The maximum atomic E-state index is 13.0. The van der Waals surface area contributed by atoms with Gasteiger partial charge in [-0.05, 0) is 38.0 Å². The standard InChI is InChI=1S/C24H27N3O4/c1-16-8-6-9-18(14-16)15-27(17(2)22(29)25-3)21(28)12-7-13-26-23(30)19-10-4-5-11-20(19)24(26)31/h4-6,8-11,14,17H,7,12-13,15H2,1-3H3,(H,25,29). The number of nitrogens with one attached hydrogen (secondary N) is 1. The summed E-state index contributed by atoms with van der Waals surface area (Å²) in [6, 6.07) is 13.9. The number of likely N-dealkylation sites (N-methyl/N-ethyl adjacent to an activating group) is 1. The van der Waals surface area contributed by atoms with E-state index in [-0.39, 0.29) is 36.6 Å². The fraction of sp³-hybridized carbons (Fsp3) is 0.333. The second-order valence-electron chi connectivity index (χ2n) is 7.71. The van der Waals surface area contributed by atoms with Crippen molar-refractivity contribution in [1.82, 2.24) is 15.1 Å². The lowest BCUT2D eigenvalue weighted by Crippen LogP contribution is -2.46. The third-order valence-corrected chi connectivity index (χ3v) is 5.50. The predicted molar refractivity (Wildman–Crippen MR) is 116 cm³/mol. The Kier molecular flexibility index (Phi) is 6.84. The van der Waals surface area contributed by atoms with Crippen LogP contribution in [0.25, 0.3) is 0 Å². The van der Waals surface area contributed by atoms with Crippen LogP contribution in [0.15, 0.2) is 48.5 Å². The van der Waals surface area contributed by atoms with E-state index >= 15 is 0 Å². The molecule has 1 aliphatic heterocycles. The van der Waals surface area contributed by atoms with Gasteiger partial charge < -0.3 is 10.2 Å². The van der Waals surface area contributed by atoms with Gasteiger partial charge >= 0.3 is 0 Å². The van der Waals surface area contributed by atoms with Crippen LogP contribution in [-0.4, -0.2) is 53.1 Å². The van der Waals surface area contributed by atoms with Crippen LogP contribution in [0.1, 0.15) is 51.6 Å². The van der Waals surface area contributed by atoms with Gasteiger partial charge in [-0.25, -0.2) is 0 Å². The molecule has 1 N–H and O–H groups in total. The molecule has 0 aliphatic carbocycles. The average molecular weight is 421 g/mol. The molecule has 1 aliphatic rings. The van der Waals surface area contributed by atoms with Crippen molar-refractivity contribution in [3.05, 3.63) is 70.8 Å². The van der Waals surface area contributed by atoms with Crippen LogP contribution in [0, 0.1) is 6.92 Å². The topological polar surface area (TPSA) is 86.8 Å². The molecule has 1 atom stereocenters. The van der Waals surface area contributed by atoms with Gasteiger partial charge in [0.2, 0.25) is 11.8 Å². The van der Waals surface area contributed by atoms with E-state index in [1.807, 2.05) is 31.2 Å². The second-order valence-corrected chi connectivity index (χ2v) is 7.71. The lowest BCUT2D eigenvalue weighted by atomic mass is 10.1. The van der Waals surface area contributed by atoms with E-state index in [1.54, 1.807) is 31.2 Å². The molecule has 1 heterocycles. The summed E-state index contributed by atoms with van der Waals surface area (Å²) in [7, 11) is 1.54. The number of benzene rings is 2. The number of imide groups is 1. The third-order valence-electron chi connectivity index (χ3n) is 5.50. The predicted octanol–water partition coefficient (Wildman–Crippen LogP) is 2.53. The number of carbonyl (C=O) groups is 4. The van der Waals surface area contributed by atoms with Gasteiger partial charge in [-0.15, -0.1) is 0 Å². The molecule has 0 saturated carbocycles. The van der Waals surface area contributed by atoms with Gasteiger partial charge in [0.25, 0.3) is 11.8 Å². The maximum Gasteiger partial charge on any atom is 0.261 e. The highest BCUT2D eigenvalue weighted by Crippen LogP contribution is 2.23. The lowest BCUT2D eigenvalue weighted by molar-refractivity contribution is -0.140. The van der Waals surface area contributed by atoms with Crippen LogP contribution in [-0.2, 0) is 16.1 Å². The minimum absolute atomic E-state index is 0.126. The van der Waals surface area contributed by atoms with Crippen molar-refractivity contribution in [3.63, 3.8) is 0 Å². The van der Waals surface area contributed by atoms with Crippen LogP contribution < -0.4 is 5.32 Å². The fourth-order valence-electron chi connectivity index (χ4n) is 3.77. The van der Waals surface area contributed by atoms with E-state index in [1.165, 1.54) is 16.8 Å². The largest absolute Gasteiger partial charge is 0.357 e. The van der Waals surface area contributed by atoms with Gasteiger partial charge in [0.15, 0.2) is 0 Å². The Morgan fingerprint density at radius 1 is 1.03 bits per heavy atom. The molecule has 1 unspecified atom stereocenters. The molecular weight excluding hydrogens is 394 g/mol. The first kappa shape index (κ1) is 22.2. The minimum Gasteiger partial charge on any atom is -0.357 e. The highest BCUT2D eigenvalue weighted by Gasteiger charge is 2.35. The summed E-state index contributed by atoms with van der Waals surface area (Å²) in [5.74, 6) is -1.11. The molecule has 0 saturated heterocycles. The summed E-state index contributed by atoms with van der Waals surface area (Å²) in [5, 5.41) is 2.59. The summed E-state index contributed by atoms with van der Waals surface area (Å²) in [6.45, 7) is 4.13. The lowest BCUT2D eigenvalue weighted by Gasteiger charge is -2.28. The third kappa shape index (κ3) is 4.82. The first-order valence-electron chi connectivity index (χ1n) is 10.3. The highest BCUT2D eigenvalue weighted by atomic mass is 16.2. The summed E-state index contributed by atoms with van der Waals surface area (Å²) in [5.41, 5.74) is 2.80. The number of rotatable bonds is 8. The van der Waals surface area contributed by atoms with Crippen LogP contribution in [0.5, 0.6) is 0 Å². The van der Waals surface area contributed by atoms with Crippen LogP contribution in [0.4, 0.5) is 0 Å². The summed E-state index contributed by atoms with van der Waals surface area (Å²) < 4.78 is 0. The zero-order valence-electron chi connectivity index (χ0n) is 18.1. The van der Waals surface area contributed by atoms with Gasteiger partial charge in [-0.3, -0.25) is 24.1 Å². The Morgan fingerprint density at radius 2 is 1.68 bits per heavy atom. The van der Waals surface area contributed by atoms with Crippen LogP contribution in [0.2, 0.25) is 0 Å². The van der Waals surface area contributed by atoms with Crippen molar-refractivity contribution in [2.24, 2.45) is 0 Å². The monoisotopic (exact) mass is 421 g/mol. The van der Waals surface area contributed by atoms with Gasteiger partial charge in [0, 0.05) is 26.6 Å². The van der Waals surface area contributed by atoms with Crippen molar-refractivity contribution in [1.29, 1.82) is 0 Å². The van der Waals surface area contributed by atoms with Crippen LogP contribution >= 0.6 is 0 Å². The number of amides is 4. The Labute approximate surface area is 182 Å². The molecule has 162 valence electrons. The zero-order chi connectivity index (χ0) is 22.5. The molecule has 2 aromatic rings. The molecule has 0 radical (unpaired) electrons. The second kappa shape index (κ2) is 9.55. The molecule has 4 amide bonds. The SMILES string of the molecule is CNC(=O)C(C)N(Cc1cccc(C)c1)C(=O)CCCN1C(=O)c2ccccc2C1=O. The fourth-order valence-corrected chi connectivity index (χ4v) is 3.77. The van der Waals surface area contributed by atoms with Crippen molar-refractivity contribution in [2.45, 2.75) is 39.3 Å². The maximum absolute atomic E-state index is 13.0. The molecule has 31 heavy (non-hydrogen) atoms. The van der Waals surface area contributed by atoms with Crippen molar-refractivity contribution < 1.29 is 19.2 Å². The first-order valence-corrected chi connectivity index (χ1v) is 10.3. The molecule has 2 aromatic carbocycles. The summed E-state index contributed by atoms with van der Waals surface area (Å²) in [4.78, 5) is 52.9. The normalized spacial score (nSPS) is 13.7. The molecule has 0 fully saturated rings. The zero-order valence-corrected chi connectivity index (χ0v) is 18.1. The number of aryl methyl sites for hydroxylation is 1. The highest BCUT2D eigenvalue weighted by molar-refractivity contribution is 6.21. The molecule has 7 heteroatoms. The number of hydrogen-bond acceptors (Lipinski definition) is 4. The Morgan fingerprint density at radius 3 is 2.26 bits per heavy atom. The molecule has 3 rings (SSSR count). The van der Waals surface area contributed by atoms with E-state index in [0.29, 0.717) is 24.1 Å². The Hall–Kier alpha value is -3.48. The van der Waals surface area contributed by atoms with Gasteiger partial charge in [-0.1, -0.05) is 42.0 Å². The van der Waals surface area contributed by atoms with E-state index < -0.39 is 6.04 Å². The smallest absolute Gasteiger partial charge is 0.261 e. The van der Waals surface area contributed by atoms with Crippen molar-refractivity contribution in [2.75, 3.05) is 13.6 Å². The summed E-state index contributed by atoms with van der Waals surface area (Å²) in [6.07, 6.45) is 0.454. The van der Waals surface area contributed by atoms with E-state index in [4.69, 9.17) is 0 Å². The first-order chi connectivity index (χ1) is 14.8. The average Bonchev–Trinajstić information content (AvgIpc) is 3.01. The number of nitrogens with zero attached hydrogens (tertiary/aromatic N) is 2. The van der Waals surface area contributed by atoms with Gasteiger partial charge in [0.05, 0.1) is 11.1 Å². The van der Waals surface area contributed by atoms with E-state index in [2.05, 4.69) is 5.32 Å². The summed E-state index contributed by atoms with van der Waals surface area (Å²) >= 11 is 0. The molecule has 0 aromatic heterocycles. The van der Waals surface area contributed by atoms with Gasteiger partial charge in [0.1, 0.15) is 6.04 Å². The molecular formula is C24H27N3O4. The van der Waals surface area contributed by atoms with Crippen molar-refractivity contribution in [3.8, 4) is 0 Å². The molecule has 0 spiro atoms. The number of carbonyl (C=O) groups excluding carboxylic acids is 4. The molecule has 0 bridgehead atoms. The number of hydrogen-bond donors (Lipinski definition) is 1.